The lowest BCUT2D eigenvalue weighted by Crippen LogP contribution is -2.06. The number of ether oxygens (including phenoxy) is 3. The van der Waals surface area contributed by atoms with Gasteiger partial charge in [0.2, 0.25) is 0 Å². The van der Waals surface area contributed by atoms with Gasteiger partial charge in [0.25, 0.3) is 0 Å². The fourth-order valence-corrected chi connectivity index (χ4v) is 1.95. The van der Waals surface area contributed by atoms with E-state index in [0.29, 0.717) is 26.5 Å². The van der Waals surface area contributed by atoms with Gasteiger partial charge in [-0.3, -0.25) is 0 Å². The van der Waals surface area contributed by atoms with Crippen LogP contribution in [0.15, 0.2) is 24.3 Å². The van der Waals surface area contributed by atoms with Gasteiger partial charge in [0.05, 0.1) is 26.4 Å². The minimum absolute atomic E-state index is 0.392. The fraction of sp³-hybridized carbons (Fsp3) is 0.538. The van der Waals surface area contributed by atoms with Crippen molar-refractivity contribution in [2.24, 2.45) is 0 Å². The maximum Gasteiger partial charge on any atom is 0.122 e. The predicted octanol–water partition coefficient (Wildman–Crippen LogP) is 1.13. The van der Waals surface area contributed by atoms with E-state index in [0.717, 1.165) is 31.7 Å². The van der Waals surface area contributed by atoms with Crippen LogP contribution >= 0.6 is 8.58 Å². The second-order valence-corrected chi connectivity index (χ2v) is 5.25. The van der Waals surface area contributed by atoms with Crippen molar-refractivity contribution in [3.8, 4) is 5.75 Å². The van der Waals surface area contributed by atoms with Gasteiger partial charge in [-0.1, -0.05) is 26.8 Å². The fourth-order valence-electron chi connectivity index (χ4n) is 1.34. The highest BCUT2D eigenvalue weighted by Gasteiger charge is 2.26. The highest BCUT2D eigenvalue weighted by Crippen LogP contribution is 2.13. The Hall–Kier alpha value is -0.670. The molecule has 2 aliphatic heterocycles. The van der Waals surface area contributed by atoms with Crippen molar-refractivity contribution >= 4 is 13.9 Å². The van der Waals surface area contributed by atoms with Crippen molar-refractivity contribution in [1.82, 2.24) is 0 Å². The lowest BCUT2D eigenvalue weighted by atomic mass is 10.3. The number of epoxide rings is 2. The molecule has 1 aromatic carbocycles. The standard InChI is InChI=1S/C7H9OP.C6H10O3/c1-9-7-5-3-2-4-6(7)8;1(5-3-8-5)7-2-6-4-9-6/h2-5,8-9H,1H3;5-6H,1-4H2. The number of hydrogen-bond donors (Lipinski definition) is 1. The van der Waals surface area contributed by atoms with Crippen LogP contribution in [0.25, 0.3) is 0 Å². The molecule has 0 spiro atoms. The topological polar surface area (TPSA) is 54.5 Å². The van der Waals surface area contributed by atoms with Gasteiger partial charge in [0.15, 0.2) is 0 Å². The zero-order valence-electron chi connectivity index (χ0n) is 10.5. The molecular weight excluding hydrogens is 251 g/mol. The second-order valence-electron chi connectivity index (χ2n) is 4.22. The molecule has 18 heavy (non-hydrogen) atoms. The van der Waals surface area contributed by atoms with Crippen LogP contribution < -0.4 is 5.30 Å². The zero-order valence-corrected chi connectivity index (χ0v) is 11.5. The smallest absolute Gasteiger partial charge is 0.122 e. The van der Waals surface area contributed by atoms with E-state index < -0.39 is 0 Å². The van der Waals surface area contributed by atoms with Crippen LogP contribution in [0.2, 0.25) is 0 Å². The van der Waals surface area contributed by atoms with E-state index in [4.69, 9.17) is 19.3 Å². The van der Waals surface area contributed by atoms with Crippen molar-refractivity contribution in [3.05, 3.63) is 24.3 Å². The first-order valence-electron chi connectivity index (χ1n) is 6.06. The summed E-state index contributed by atoms with van der Waals surface area (Å²) in [7, 11) is 0.679. The highest BCUT2D eigenvalue weighted by molar-refractivity contribution is 7.46. The van der Waals surface area contributed by atoms with Crippen molar-refractivity contribution in [2.45, 2.75) is 12.2 Å². The van der Waals surface area contributed by atoms with E-state index >= 15 is 0 Å². The number of benzene rings is 1. The first kappa shape index (κ1) is 13.8. The van der Waals surface area contributed by atoms with E-state index in [2.05, 4.69) is 6.66 Å². The Morgan fingerprint density at radius 1 is 1.22 bits per heavy atom. The number of para-hydroxylation sites is 1. The van der Waals surface area contributed by atoms with Crippen molar-refractivity contribution in [1.29, 1.82) is 0 Å². The van der Waals surface area contributed by atoms with Crippen molar-refractivity contribution in [2.75, 3.05) is 33.1 Å². The van der Waals surface area contributed by atoms with E-state index in [-0.39, 0.29) is 0 Å². The number of rotatable bonds is 5. The molecule has 1 aromatic rings. The maximum atomic E-state index is 9.12. The summed E-state index contributed by atoms with van der Waals surface area (Å²) < 4.78 is 15.1. The molecule has 0 aromatic heterocycles. The summed E-state index contributed by atoms with van der Waals surface area (Å²) in [5.41, 5.74) is 0. The number of phenols is 1. The molecule has 2 aliphatic rings. The highest BCUT2D eigenvalue weighted by atomic mass is 31.1. The normalized spacial score (nSPS) is 24.7. The summed E-state index contributed by atoms with van der Waals surface area (Å²) in [5, 5.41) is 10.2. The molecule has 100 valence electrons. The molecular formula is C13H19O4P. The summed E-state index contributed by atoms with van der Waals surface area (Å²) in [5.74, 6) is 0.415. The molecule has 1 N–H and O–H groups in total. The molecule has 3 atom stereocenters. The molecule has 0 amide bonds. The van der Waals surface area contributed by atoms with Gasteiger partial charge in [-0.25, -0.2) is 0 Å². The molecule has 3 unspecified atom stereocenters. The number of phenolic OH excluding ortho intramolecular Hbond substituents is 1. The predicted molar refractivity (Wildman–Crippen MR) is 72.3 cm³/mol. The quantitative estimate of drug-likeness (QED) is 0.643. The lowest BCUT2D eigenvalue weighted by Gasteiger charge is -1.97. The van der Waals surface area contributed by atoms with Gasteiger partial charge in [0.1, 0.15) is 18.0 Å². The lowest BCUT2D eigenvalue weighted by molar-refractivity contribution is 0.102. The van der Waals surface area contributed by atoms with Crippen LogP contribution in [0.1, 0.15) is 0 Å². The molecule has 0 aliphatic carbocycles. The Balaban J connectivity index is 0.000000134. The molecule has 5 heteroatoms. The Bertz CT molecular complexity index is 352. The Morgan fingerprint density at radius 2 is 1.78 bits per heavy atom. The third-order valence-electron chi connectivity index (χ3n) is 2.59. The SMILES string of the molecule is C(OCC1CO1)C1CO1.CPc1ccccc1O. The number of hydrogen-bond acceptors (Lipinski definition) is 4. The molecule has 2 fully saturated rings. The molecule has 3 rings (SSSR count). The van der Waals surface area contributed by atoms with Gasteiger partial charge in [-0.2, -0.15) is 0 Å². The van der Waals surface area contributed by atoms with Crippen LogP contribution in [-0.4, -0.2) is 50.4 Å². The van der Waals surface area contributed by atoms with E-state index in [1.165, 1.54) is 0 Å². The van der Waals surface area contributed by atoms with Gasteiger partial charge in [0, 0.05) is 5.30 Å². The molecule has 2 saturated heterocycles. The summed E-state index contributed by atoms with van der Waals surface area (Å²) in [6.45, 7) is 5.31. The summed E-state index contributed by atoms with van der Waals surface area (Å²) >= 11 is 0. The van der Waals surface area contributed by atoms with E-state index in [9.17, 15) is 0 Å². The van der Waals surface area contributed by atoms with Gasteiger partial charge >= 0.3 is 0 Å². The minimum Gasteiger partial charge on any atom is -0.507 e. The van der Waals surface area contributed by atoms with Gasteiger partial charge in [-0.15, -0.1) is 0 Å². The monoisotopic (exact) mass is 270 g/mol. The average molecular weight is 270 g/mol. The maximum absolute atomic E-state index is 9.12. The van der Waals surface area contributed by atoms with Crippen LogP contribution in [0, 0.1) is 0 Å². The van der Waals surface area contributed by atoms with Crippen molar-refractivity contribution < 1.29 is 19.3 Å². The molecule has 2 heterocycles. The number of aromatic hydroxyl groups is 1. The van der Waals surface area contributed by atoms with Crippen molar-refractivity contribution in [3.63, 3.8) is 0 Å². The Morgan fingerprint density at radius 3 is 2.17 bits per heavy atom. The Kier molecular flexibility index (Phi) is 5.39. The third-order valence-corrected chi connectivity index (χ3v) is 3.55. The molecule has 0 bridgehead atoms. The largest absolute Gasteiger partial charge is 0.507 e. The van der Waals surface area contributed by atoms with Gasteiger partial charge < -0.3 is 19.3 Å². The second kappa shape index (κ2) is 7.05. The zero-order chi connectivity index (χ0) is 12.8. The Labute approximate surface area is 109 Å². The van der Waals surface area contributed by atoms with Crippen LogP contribution in [0.4, 0.5) is 0 Å². The van der Waals surface area contributed by atoms with Gasteiger partial charge in [-0.05, 0) is 12.7 Å². The first-order valence-corrected chi connectivity index (χ1v) is 7.56. The van der Waals surface area contributed by atoms with Crippen LogP contribution in [0.5, 0.6) is 5.75 Å². The average Bonchev–Trinajstić information content (AvgIpc) is 3.25. The first-order chi connectivity index (χ1) is 8.79. The van der Waals surface area contributed by atoms with E-state index in [1.807, 2.05) is 18.2 Å². The summed E-state index contributed by atoms with van der Waals surface area (Å²) in [6, 6.07) is 7.42. The summed E-state index contributed by atoms with van der Waals surface area (Å²) in [6.07, 6.45) is 0.785. The molecule has 4 nitrogen and oxygen atoms in total. The van der Waals surface area contributed by atoms with E-state index in [1.54, 1.807) is 6.07 Å². The summed E-state index contributed by atoms with van der Waals surface area (Å²) in [4.78, 5) is 0. The van der Waals surface area contributed by atoms with Crippen LogP contribution in [0.3, 0.4) is 0 Å². The molecule has 0 saturated carbocycles. The third kappa shape index (κ3) is 5.32. The molecule has 0 radical (unpaired) electrons. The van der Waals surface area contributed by atoms with Crippen LogP contribution in [-0.2, 0) is 14.2 Å². The minimum atomic E-state index is 0.392.